The fourth-order valence-corrected chi connectivity index (χ4v) is 1.88. The Hall–Kier alpha value is -0.610. The summed E-state index contributed by atoms with van der Waals surface area (Å²) in [6.07, 6.45) is 3.00. The molecule has 15 heavy (non-hydrogen) atoms. The van der Waals surface area contributed by atoms with Crippen molar-refractivity contribution in [3.8, 4) is 0 Å². The van der Waals surface area contributed by atoms with Crippen molar-refractivity contribution >= 4 is 5.91 Å². The molecule has 1 aliphatic rings. The summed E-state index contributed by atoms with van der Waals surface area (Å²) < 4.78 is 5.74. The standard InChI is InChI=1S/C11H22N2O2/c1-4-11(2)7-9(5-6-15-11)13-8-10(14)12-3/h9,13H,4-8H2,1-3H3,(H,12,14). The van der Waals surface area contributed by atoms with E-state index in [0.717, 1.165) is 25.9 Å². The van der Waals surface area contributed by atoms with E-state index in [1.54, 1.807) is 7.05 Å². The summed E-state index contributed by atoms with van der Waals surface area (Å²) >= 11 is 0. The normalized spacial score (nSPS) is 31.3. The maximum absolute atomic E-state index is 11.1. The summed E-state index contributed by atoms with van der Waals surface area (Å²) in [5.41, 5.74) is -0.0153. The summed E-state index contributed by atoms with van der Waals surface area (Å²) in [5, 5.41) is 5.88. The molecule has 4 heteroatoms. The number of carbonyl (C=O) groups is 1. The largest absolute Gasteiger partial charge is 0.375 e. The van der Waals surface area contributed by atoms with Crippen molar-refractivity contribution in [3.63, 3.8) is 0 Å². The molecule has 0 spiro atoms. The molecule has 1 saturated heterocycles. The fraction of sp³-hybridized carbons (Fsp3) is 0.909. The number of hydrogen-bond donors (Lipinski definition) is 2. The first-order valence-electron chi connectivity index (χ1n) is 5.67. The molecule has 2 N–H and O–H groups in total. The minimum atomic E-state index is -0.0153. The smallest absolute Gasteiger partial charge is 0.233 e. The van der Waals surface area contributed by atoms with E-state index in [0.29, 0.717) is 12.6 Å². The lowest BCUT2D eigenvalue weighted by Gasteiger charge is -2.38. The number of hydrogen-bond acceptors (Lipinski definition) is 3. The van der Waals surface area contributed by atoms with Crippen LogP contribution in [0.1, 0.15) is 33.1 Å². The van der Waals surface area contributed by atoms with E-state index in [4.69, 9.17) is 4.74 Å². The van der Waals surface area contributed by atoms with Gasteiger partial charge in [-0.25, -0.2) is 0 Å². The molecule has 1 amide bonds. The molecule has 4 nitrogen and oxygen atoms in total. The Labute approximate surface area is 91.8 Å². The van der Waals surface area contributed by atoms with Crippen LogP contribution in [-0.2, 0) is 9.53 Å². The molecule has 1 aliphatic heterocycles. The third-order valence-corrected chi connectivity index (χ3v) is 3.17. The Morgan fingerprint density at radius 3 is 2.93 bits per heavy atom. The summed E-state index contributed by atoms with van der Waals surface area (Å²) in [6.45, 7) is 5.47. The van der Waals surface area contributed by atoms with Crippen LogP contribution in [0.15, 0.2) is 0 Å². The van der Waals surface area contributed by atoms with Gasteiger partial charge in [-0.2, -0.15) is 0 Å². The zero-order valence-corrected chi connectivity index (χ0v) is 9.93. The Bertz CT molecular complexity index is 221. The highest BCUT2D eigenvalue weighted by molar-refractivity contribution is 5.77. The van der Waals surface area contributed by atoms with Gasteiger partial charge in [0.05, 0.1) is 12.1 Å². The van der Waals surface area contributed by atoms with Gasteiger partial charge in [0, 0.05) is 19.7 Å². The van der Waals surface area contributed by atoms with E-state index >= 15 is 0 Å². The fourth-order valence-electron chi connectivity index (χ4n) is 1.88. The van der Waals surface area contributed by atoms with Crippen molar-refractivity contribution in [2.45, 2.75) is 44.8 Å². The van der Waals surface area contributed by atoms with E-state index in [9.17, 15) is 4.79 Å². The van der Waals surface area contributed by atoms with Crippen molar-refractivity contribution in [1.29, 1.82) is 0 Å². The summed E-state index contributed by atoms with van der Waals surface area (Å²) in [4.78, 5) is 11.1. The molecule has 2 atom stereocenters. The Morgan fingerprint density at radius 2 is 2.33 bits per heavy atom. The predicted octanol–water partition coefficient (Wildman–Crippen LogP) is 0.670. The highest BCUT2D eigenvalue weighted by Crippen LogP contribution is 2.27. The van der Waals surface area contributed by atoms with Gasteiger partial charge in [-0.05, 0) is 26.2 Å². The van der Waals surface area contributed by atoms with Crippen LogP contribution in [0.2, 0.25) is 0 Å². The number of ether oxygens (including phenoxy) is 1. The first-order valence-corrected chi connectivity index (χ1v) is 5.67. The van der Waals surface area contributed by atoms with Crippen molar-refractivity contribution in [1.82, 2.24) is 10.6 Å². The third kappa shape index (κ3) is 3.80. The minimum absolute atomic E-state index is 0.0153. The molecule has 1 heterocycles. The maximum Gasteiger partial charge on any atom is 0.233 e. The van der Waals surface area contributed by atoms with Crippen LogP contribution in [0.3, 0.4) is 0 Å². The van der Waals surface area contributed by atoms with Gasteiger partial charge in [-0.15, -0.1) is 0 Å². The second kappa shape index (κ2) is 5.47. The van der Waals surface area contributed by atoms with Crippen LogP contribution in [0.4, 0.5) is 0 Å². The second-order valence-corrected chi connectivity index (χ2v) is 4.40. The number of amides is 1. The molecule has 88 valence electrons. The van der Waals surface area contributed by atoms with E-state index in [1.165, 1.54) is 0 Å². The monoisotopic (exact) mass is 214 g/mol. The van der Waals surface area contributed by atoms with Crippen LogP contribution in [-0.4, -0.2) is 37.7 Å². The van der Waals surface area contributed by atoms with Gasteiger partial charge in [0.15, 0.2) is 0 Å². The van der Waals surface area contributed by atoms with E-state index in [1.807, 2.05) is 0 Å². The van der Waals surface area contributed by atoms with E-state index < -0.39 is 0 Å². The molecule has 0 aromatic carbocycles. The highest BCUT2D eigenvalue weighted by atomic mass is 16.5. The minimum Gasteiger partial charge on any atom is -0.375 e. The number of nitrogens with one attached hydrogen (secondary N) is 2. The van der Waals surface area contributed by atoms with Gasteiger partial charge in [0.2, 0.25) is 5.91 Å². The molecule has 0 saturated carbocycles. The Kier molecular flexibility index (Phi) is 4.54. The summed E-state index contributed by atoms with van der Waals surface area (Å²) in [6, 6.07) is 0.404. The Morgan fingerprint density at radius 1 is 1.60 bits per heavy atom. The molecular weight excluding hydrogens is 192 g/mol. The van der Waals surface area contributed by atoms with Crippen molar-refractivity contribution < 1.29 is 9.53 Å². The van der Waals surface area contributed by atoms with Crippen molar-refractivity contribution in [3.05, 3.63) is 0 Å². The summed E-state index contributed by atoms with van der Waals surface area (Å²) in [7, 11) is 1.66. The van der Waals surface area contributed by atoms with Gasteiger partial charge in [0.1, 0.15) is 0 Å². The van der Waals surface area contributed by atoms with Crippen LogP contribution < -0.4 is 10.6 Å². The average molecular weight is 214 g/mol. The zero-order chi connectivity index (χ0) is 11.3. The number of likely N-dealkylation sites (N-methyl/N-ethyl adjacent to an activating group) is 1. The number of carbonyl (C=O) groups excluding carboxylic acids is 1. The molecule has 0 bridgehead atoms. The molecular formula is C11H22N2O2. The van der Waals surface area contributed by atoms with Crippen LogP contribution in [0, 0.1) is 0 Å². The SMILES string of the molecule is CCC1(C)CC(NCC(=O)NC)CCO1. The molecule has 1 fully saturated rings. The Balaban J connectivity index is 2.33. The molecule has 1 rings (SSSR count). The van der Waals surface area contributed by atoms with Gasteiger partial charge >= 0.3 is 0 Å². The zero-order valence-electron chi connectivity index (χ0n) is 9.93. The lowest BCUT2D eigenvalue weighted by atomic mass is 9.90. The van der Waals surface area contributed by atoms with Crippen LogP contribution in [0.5, 0.6) is 0 Å². The maximum atomic E-state index is 11.1. The predicted molar refractivity (Wildman–Crippen MR) is 59.7 cm³/mol. The highest BCUT2D eigenvalue weighted by Gasteiger charge is 2.31. The van der Waals surface area contributed by atoms with E-state index in [-0.39, 0.29) is 11.5 Å². The first kappa shape index (κ1) is 12.5. The first-order chi connectivity index (χ1) is 7.09. The third-order valence-electron chi connectivity index (χ3n) is 3.17. The lowest BCUT2D eigenvalue weighted by Crippen LogP contribution is -2.47. The molecule has 0 radical (unpaired) electrons. The lowest BCUT2D eigenvalue weighted by molar-refractivity contribution is -0.120. The van der Waals surface area contributed by atoms with Crippen LogP contribution >= 0.6 is 0 Å². The van der Waals surface area contributed by atoms with Crippen LogP contribution in [0.25, 0.3) is 0 Å². The van der Waals surface area contributed by atoms with Crippen molar-refractivity contribution in [2.24, 2.45) is 0 Å². The van der Waals surface area contributed by atoms with E-state index in [2.05, 4.69) is 24.5 Å². The van der Waals surface area contributed by atoms with Gasteiger partial charge in [-0.3, -0.25) is 4.79 Å². The molecule has 0 aromatic rings. The topological polar surface area (TPSA) is 50.4 Å². The molecule has 2 unspecified atom stereocenters. The quantitative estimate of drug-likeness (QED) is 0.723. The molecule has 0 aliphatic carbocycles. The second-order valence-electron chi connectivity index (χ2n) is 4.40. The average Bonchev–Trinajstić information content (AvgIpc) is 2.26. The van der Waals surface area contributed by atoms with Gasteiger partial charge in [-0.1, -0.05) is 6.92 Å². The van der Waals surface area contributed by atoms with Gasteiger partial charge in [0.25, 0.3) is 0 Å². The summed E-state index contributed by atoms with van der Waals surface area (Å²) in [5.74, 6) is 0.0414. The van der Waals surface area contributed by atoms with Crippen molar-refractivity contribution in [2.75, 3.05) is 20.2 Å². The number of rotatable bonds is 4. The molecule has 0 aromatic heterocycles. The van der Waals surface area contributed by atoms with Gasteiger partial charge < -0.3 is 15.4 Å².